The molecule has 3 heteroatoms. The molecule has 0 spiro atoms. The number of esters is 1. The lowest BCUT2D eigenvalue weighted by Gasteiger charge is -2.29. The minimum atomic E-state index is -1.12. The van der Waals surface area contributed by atoms with Crippen LogP contribution in [0.15, 0.2) is 43.0 Å². The number of carbonyl (C=O) groups is 1. The van der Waals surface area contributed by atoms with Gasteiger partial charge in [0.15, 0.2) is 5.41 Å². The molecule has 0 N–H and O–H groups in total. The predicted molar refractivity (Wildman–Crippen MR) is 81.3 cm³/mol. The normalized spacial score (nSPS) is 31.4. The average molecular weight is 283 g/mol. The summed E-state index contributed by atoms with van der Waals surface area (Å²) in [7, 11) is 1.35. The van der Waals surface area contributed by atoms with Crippen molar-refractivity contribution in [2.45, 2.75) is 25.7 Å². The Hall–Kier alpha value is -2.08. The molecule has 0 bridgehead atoms. The van der Waals surface area contributed by atoms with Gasteiger partial charge in [-0.25, -0.2) is 0 Å². The number of nitriles is 1. The van der Waals surface area contributed by atoms with Crippen molar-refractivity contribution >= 4 is 5.97 Å². The van der Waals surface area contributed by atoms with Crippen LogP contribution in [-0.2, 0) is 9.53 Å². The van der Waals surface area contributed by atoms with Gasteiger partial charge < -0.3 is 4.74 Å². The third kappa shape index (κ3) is 2.35. The van der Waals surface area contributed by atoms with Crippen molar-refractivity contribution in [2.75, 3.05) is 7.11 Å². The first kappa shape index (κ1) is 15.3. The zero-order chi connectivity index (χ0) is 15.5. The Bertz CT molecular complexity index is 560. The summed E-state index contributed by atoms with van der Waals surface area (Å²) in [6, 6.07) is 12.1. The molecule has 0 amide bonds. The molecular weight excluding hydrogens is 262 g/mol. The maximum atomic E-state index is 12.4. The van der Waals surface area contributed by atoms with Crippen LogP contribution in [-0.4, -0.2) is 13.1 Å². The molecule has 1 fully saturated rings. The Morgan fingerprint density at radius 2 is 2.19 bits per heavy atom. The molecule has 2 rings (SSSR count). The van der Waals surface area contributed by atoms with Crippen molar-refractivity contribution in [3.05, 3.63) is 48.6 Å². The summed E-state index contributed by atoms with van der Waals surface area (Å²) in [5.74, 6) is -0.201. The number of carbonyl (C=O) groups excluding carboxylic acids is 1. The summed E-state index contributed by atoms with van der Waals surface area (Å²) in [6.07, 6.45) is 3.26. The average Bonchev–Trinajstić information content (AvgIpc) is 2.89. The standard InChI is InChI=1S/C18H21NO2/c1-4-13-11-18(12-19,17(20)21-3)16(15(13)5-2)14-9-7-6-8-10-14/h4,6-10,13,15-16H,1,5,11H2,2-3H3/t13-,15+,16-,18+/m0/s1. The molecule has 0 aromatic heterocycles. The van der Waals surface area contributed by atoms with Gasteiger partial charge in [0.25, 0.3) is 0 Å². The number of rotatable bonds is 4. The Morgan fingerprint density at radius 3 is 2.67 bits per heavy atom. The van der Waals surface area contributed by atoms with E-state index in [0.29, 0.717) is 6.42 Å². The van der Waals surface area contributed by atoms with Gasteiger partial charge in [0, 0.05) is 5.92 Å². The van der Waals surface area contributed by atoms with E-state index in [1.807, 2.05) is 36.4 Å². The number of hydrogen-bond donors (Lipinski definition) is 0. The van der Waals surface area contributed by atoms with E-state index in [9.17, 15) is 10.1 Å². The zero-order valence-corrected chi connectivity index (χ0v) is 12.6. The summed E-state index contributed by atoms with van der Waals surface area (Å²) >= 11 is 0. The van der Waals surface area contributed by atoms with Crippen LogP contribution in [0.25, 0.3) is 0 Å². The number of methoxy groups -OCH3 is 1. The molecule has 0 radical (unpaired) electrons. The topological polar surface area (TPSA) is 50.1 Å². The van der Waals surface area contributed by atoms with Crippen LogP contribution in [0.1, 0.15) is 31.2 Å². The number of benzene rings is 1. The van der Waals surface area contributed by atoms with Gasteiger partial charge in [-0.3, -0.25) is 4.79 Å². The summed E-state index contributed by atoms with van der Waals surface area (Å²) < 4.78 is 4.97. The quantitative estimate of drug-likeness (QED) is 0.625. The van der Waals surface area contributed by atoms with Crippen molar-refractivity contribution in [3.63, 3.8) is 0 Å². The Labute approximate surface area is 126 Å². The molecule has 21 heavy (non-hydrogen) atoms. The molecule has 0 unspecified atom stereocenters. The van der Waals surface area contributed by atoms with Gasteiger partial charge in [-0.05, 0) is 23.8 Å². The van der Waals surface area contributed by atoms with E-state index in [0.717, 1.165) is 12.0 Å². The Balaban J connectivity index is 2.59. The van der Waals surface area contributed by atoms with Gasteiger partial charge in [-0.1, -0.05) is 49.8 Å². The van der Waals surface area contributed by atoms with Gasteiger partial charge in [0.2, 0.25) is 0 Å². The minimum Gasteiger partial charge on any atom is -0.468 e. The van der Waals surface area contributed by atoms with E-state index in [2.05, 4.69) is 19.6 Å². The number of ether oxygens (including phenoxy) is 1. The molecule has 0 saturated heterocycles. The molecule has 3 nitrogen and oxygen atoms in total. The van der Waals surface area contributed by atoms with Gasteiger partial charge in [0.05, 0.1) is 13.2 Å². The third-order valence-corrected chi connectivity index (χ3v) is 4.75. The van der Waals surface area contributed by atoms with E-state index < -0.39 is 11.4 Å². The largest absolute Gasteiger partial charge is 0.468 e. The first-order valence-corrected chi connectivity index (χ1v) is 7.31. The van der Waals surface area contributed by atoms with E-state index >= 15 is 0 Å². The molecule has 0 heterocycles. The fourth-order valence-electron chi connectivity index (χ4n) is 3.80. The fourth-order valence-corrected chi connectivity index (χ4v) is 3.80. The Kier molecular flexibility index (Phi) is 4.47. The van der Waals surface area contributed by atoms with E-state index in [1.54, 1.807) is 0 Å². The molecule has 1 saturated carbocycles. The maximum Gasteiger partial charge on any atom is 0.326 e. The maximum absolute atomic E-state index is 12.4. The monoisotopic (exact) mass is 283 g/mol. The zero-order valence-electron chi connectivity index (χ0n) is 12.6. The first-order valence-electron chi connectivity index (χ1n) is 7.31. The second kappa shape index (κ2) is 6.13. The van der Waals surface area contributed by atoms with Crippen LogP contribution in [0, 0.1) is 28.6 Å². The lowest BCUT2D eigenvalue weighted by molar-refractivity contribution is -0.150. The van der Waals surface area contributed by atoms with Crippen LogP contribution in [0.3, 0.4) is 0 Å². The number of allylic oxidation sites excluding steroid dienone is 1. The van der Waals surface area contributed by atoms with Crippen molar-refractivity contribution in [1.29, 1.82) is 5.26 Å². The smallest absolute Gasteiger partial charge is 0.326 e. The SMILES string of the molecule is C=C[C@H]1C[C@](C#N)(C(=O)OC)[C@@H](c2ccccc2)[C@@H]1CC. The molecule has 1 aromatic carbocycles. The summed E-state index contributed by atoms with van der Waals surface area (Å²) in [6.45, 7) is 5.99. The summed E-state index contributed by atoms with van der Waals surface area (Å²) in [4.78, 5) is 12.4. The molecule has 0 aliphatic heterocycles. The highest BCUT2D eigenvalue weighted by atomic mass is 16.5. The fraction of sp³-hybridized carbons (Fsp3) is 0.444. The van der Waals surface area contributed by atoms with Gasteiger partial charge in [0.1, 0.15) is 0 Å². The van der Waals surface area contributed by atoms with Crippen LogP contribution in [0.2, 0.25) is 0 Å². The highest BCUT2D eigenvalue weighted by molar-refractivity contribution is 5.82. The van der Waals surface area contributed by atoms with Crippen molar-refractivity contribution in [2.24, 2.45) is 17.3 Å². The molecule has 1 aliphatic carbocycles. The van der Waals surface area contributed by atoms with Crippen molar-refractivity contribution in [3.8, 4) is 6.07 Å². The van der Waals surface area contributed by atoms with E-state index in [4.69, 9.17) is 4.74 Å². The van der Waals surface area contributed by atoms with Crippen LogP contribution in [0.5, 0.6) is 0 Å². The lowest BCUT2D eigenvalue weighted by atomic mass is 9.72. The highest BCUT2D eigenvalue weighted by Crippen LogP contribution is 2.57. The molecule has 110 valence electrons. The van der Waals surface area contributed by atoms with Crippen LogP contribution in [0.4, 0.5) is 0 Å². The minimum absolute atomic E-state index is 0.149. The van der Waals surface area contributed by atoms with Crippen LogP contribution >= 0.6 is 0 Å². The second-order valence-corrected chi connectivity index (χ2v) is 5.64. The third-order valence-electron chi connectivity index (χ3n) is 4.75. The summed E-state index contributed by atoms with van der Waals surface area (Å²) in [5.41, 5.74) is -0.0871. The van der Waals surface area contributed by atoms with Gasteiger partial charge in [-0.2, -0.15) is 5.26 Å². The van der Waals surface area contributed by atoms with Gasteiger partial charge >= 0.3 is 5.97 Å². The van der Waals surface area contributed by atoms with Gasteiger partial charge in [-0.15, -0.1) is 6.58 Å². The van der Waals surface area contributed by atoms with E-state index in [-0.39, 0.29) is 17.8 Å². The van der Waals surface area contributed by atoms with E-state index in [1.165, 1.54) is 7.11 Å². The van der Waals surface area contributed by atoms with Crippen molar-refractivity contribution in [1.82, 2.24) is 0 Å². The predicted octanol–water partition coefficient (Wildman–Crippen LogP) is 3.69. The molecule has 4 atom stereocenters. The highest BCUT2D eigenvalue weighted by Gasteiger charge is 2.58. The number of nitrogens with zero attached hydrogens (tertiary/aromatic N) is 1. The van der Waals surface area contributed by atoms with Crippen LogP contribution < -0.4 is 0 Å². The second-order valence-electron chi connectivity index (χ2n) is 5.64. The summed E-state index contributed by atoms with van der Waals surface area (Å²) in [5, 5.41) is 9.79. The van der Waals surface area contributed by atoms with Crippen molar-refractivity contribution < 1.29 is 9.53 Å². The molecule has 1 aromatic rings. The Morgan fingerprint density at radius 1 is 1.52 bits per heavy atom. The number of hydrogen-bond acceptors (Lipinski definition) is 3. The lowest BCUT2D eigenvalue weighted by Crippen LogP contribution is -2.35. The molecular formula is C18H21NO2. The molecule has 1 aliphatic rings. The first-order chi connectivity index (χ1) is 10.1.